The van der Waals surface area contributed by atoms with E-state index in [1.807, 2.05) is 0 Å². The Hall–Kier alpha value is -0.610. The van der Waals surface area contributed by atoms with Crippen LogP contribution in [-0.4, -0.2) is 37.9 Å². The van der Waals surface area contributed by atoms with Crippen LogP contribution in [0.1, 0.15) is 12.8 Å². The first-order chi connectivity index (χ1) is 5.86. The molecule has 0 radical (unpaired) electrons. The molecule has 12 heavy (non-hydrogen) atoms. The molecule has 2 heterocycles. The zero-order chi connectivity index (χ0) is 8.39. The zero-order valence-electron chi connectivity index (χ0n) is 6.91. The molecular weight excluding hydrogens is 158 g/mol. The van der Waals surface area contributed by atoms with Gasteiger partial charge in [-0.1, -0.05) is 0 Å². The molecule has 2 fully saturated rings. The average Bonchev–Trinajstić information content (AvgIpc) is 2.74. The van der Waals surface area contributed by atoms with Crippen LogP contribution in [0.2, 0.25) is 0 Å². The van der Waals surface area contributed by atoms with Gasteiger partial charge in [0, 0.05) is 13.2 Å². The fourth-order valence-corrected chi connectivity index (χ4v) is 1.30. The van der Waals surface area contributed by atoms with Gasteiger partial charge in [0.15, 0.2) is 0 Å². The molecule has 0 aromatic rings. The molecule has 1 amide bonds. The van der Waals surface area contributed by atoms with Crippen molar-refractivity contribution in [1.82, 2.24) is 5.32 Å². The largest absolute Gasteiger partial charge is 0.371 e. The van der Waals surface area contributed by atoms with Crippen molar-refractivity contribution in [1.29, 1.82) is 0 Å². The number of carbonyl (C=O) groups is 1. The van der Waals surface area contributed by atoms with E-state index in [1.54, 1.807) is 0 Å². The van der Waals surface area contributed by atoms with Crippen molar-refractivity contribution in [2.45, 2.75) is 25.0 Å². The van der Waals surface area contributed by atoms with E-state index in [0.717, 1.165) is 26.1 Å². The zero-order valence-corrected chi connectivity index (χ0v) is 6.91. The molecule has 0 aromatic carbocycles. The molecule has 2 saturated heterocycles. The van der Waals surface area contributed by atoms with Gasteiger partial charge in [0.2, 0.25) is 5.91 Å². The normalized spacial score (nSPS) is 33.3. The monoisotopic (exact) mass is 171 g/mol. The molecule has 1 N–H and O–H groups in total. The van der Waals surface area contributed by atoms with Crippen molar-refractivity contribution in [3.8, 4) is 0 Å². The minimum Gasteiger partial charge on any atom is -0.371 e. The minimum atomic E-state index is -0.205. The predicted molar refractivity (Wildman–Crippen MR) is 41.7 cm³/mol. The van der Waals surface area contributed by atoms with Crippen molar-refractivity contribution < 1.29 is 14.3 Å². The Morgan fingerprint density at radius 3 is 2.92 bits per heavy atom. The summed E-state index contributed by atoms with van der Waals surface area (Å²) >= 11 is 0. The smallest absolute Gasteiger partial charge is 0.249 e. The second-order valence-electron chi connectivity index (χ2n) is 3.20. The number of hydrogen-bond acceptors (Lipinski definition) is 3. The summed E-state index contributed by atoms with van der Waals surface area (Å²) in [4.78, 5) is 11.3. The molecule has 2 aliphatic rings. The fourth-order valence-electron chi connectivity index (χ4n) is 1.30. The molecule has 0 unspecified atom stereocenters. The van der Waals surface area contributed by atoms with E-state index < -0.39 is 0 Å². The van der Waals surface area contributed by atoms with Gasteiger partial charge < -0.3 is 14.8 Å². The number of nitrogens with one attached hydrogen (secondary N) is 1. The van der Waals surface area contributed by atoms with Crippen LogP contribution >= 0.6 is 0 Å². The molecule has 4 nitrogen and oxygen atoms in total. The number of hydrogen-bond donors (Lipinski definition) is 1. The summed E-state index contributed by atoms with van der Waals surface area (Å²) in [6, 6.07) is 0. The summed E-state index contributed by atoms with van der Waals surface area (Å²) in [5.74, 6) is 0.0167. The molecule has 2 atom stereocenters. The predicted octanol–water partition coefficient (Wildman–Crippen LogP) is -0.320. The van der Waals surface area contributed by atoms with E-state index in [2.05, 4.69) is 5.32 Å². The standard InChI is InChI=1S/C8H13NO3/c10-8(7-2-1-3-11-7)9-4-6-5-12-6/h6-7H,1-5H2,(H,9,10)/t6-,7-/m1/s1. The molecule has 0 bridgehead atoms. The van der Waals surface area contributed by atoms with Crippen LogP contribution < -0.4 is 5.32 Å². The van der Waals surface area contributed by atoms with Gasteiger partial charge in [-0.15, -0.1) is 0 Å². The van der Waals surface area contributed by atoms with Crippen LogP contribution in [0.3, 0.4) is 0 Å². The van der Waals surface area contributed by atoms with Gasteiger partial charge in [-0.25, -0.2) is 0 Å². The summed E-state index contributed by atoms with van der Waals surface area (Å²) in [6.45, 7) is 2.14. The summed E-state index contributed by atoms with van der Waals surface area (Å²) in [5.41, 5.74) is 0. The Labute approximate surface area is 71.2 Å². The van der Waals surface area contributed by atoms with Gasteiger partial charge in [0.1, 0.15) is 6.10 Å². The Bertz CT molecular complexity index is 173. The van der Waals surface area contributed by atoms with Crippen LogP contribution in [0.4, 0.5) is 0 Å². The number of ether oxygens (including phenoxy) is 2. The van der Waals surface area contributed by atoms with E-state index >= 15 is 0 Å². The van der Waals surface area contributed by atoms with Crippen molar-refractivity contribution in [2.75, 3.05) is 19.8 Å². The van der Waals surface area contributed by atoms with Crippen molar-refractivity contribution in [3.05, 3.63) is 0 Å². The highest BCUT2D eigenvalue weighted by Gasteiger charge is 2.27. The highest BCUT2D eigenvalue weighted by molar-refractivity contribution is 5.80. The minimum absolute atomic E-state index is 0.0167. The lowest BCUT2D eigenvalue weighted by Gasteiger charge is -2.08. The molecule has 0 saturated carbocycles. The average molecular weight is 171 g/mol. The maximum absolute atomic E-state index is 11.3. The van der Waals surface area contributed by atoms with E-state index in [1.165, 1.54) is 0 Å². The number of carbonyl (C=O) groups excluding carboxylic acids is 1. The summed E-state index contributed by atoms with van der Waals surface area (Å²) in [7, 11) is 0. The Morgan fingerprint density at radius 1 is 1.50 bits per heavy atom. The fraction of sp³-hybridized carbons (Fsp3) is 0.875. The van der Waals surface area contributed by atoms with E-state index in [9.17, 15) is 4.79 Å². The Balaban J connectivity index is 1.67. The molecular formula is C8H13NO3. The molecule has 2 rings (SSSR count). The van der Waals surface area contributed by atoms with Gasteiger partial charge in [0.05, 0.1) is 12.7 Å². The van der Waals surface area contributed by atoms with Crippen LogP contribution in [-0.2, 0) is 14.3 Å². The van der Waals surface area contributed by atoms with Crippen LogP contribution in [0.15, 0.2) is 0 Å². The quantitative estimate of drug-likeness (QED) is 0.592. The van der Waals surface area contributed by atoms with Crippen molar-refractivity contribution >= 4 is 5.91 Å². The Kier molecular flexibility index (Phi) is 2.28. The summed E-state index contributed by atoms with van der Waals surface area (Å²) in [6.07, 6.45) is 1.91. The van der Waals surface area contributed by atoms with Crippen molar-refractivity contribution in [3.63, 3.8) is 0 Å². The lowest BCUT2D eigenvalue weighted by molar-refractivity contribution is -0.130. The third kappa shape index (κ3) is 1.95. The van der Waals surface area contributed by atoms with Gasteiger partial charge in [-0.2, -0.15) is 0 Å². The number of rotatable bonds is 3. The van der Waals surface area contributed by atoms with Crippen molar-refractivity contribution in [2.24, 2.45) is 0 Å². The topological polar surface area (TPSA) is 50.9 Å². The molecule has 0 spiro atoms. The number of epoxide rings is 1. The van der Waals surface area contributed by atoms with Gasteiger partial charge >= 0.3 is 0 Å². The van der Waals surface area contributed by atoms with Crippen LogP contribution in [0, 0.1) is 0 Å². The maximum Gasteiger partial charge on any atom is 0.249 e. The maximum atomic E-state index is 11.3. The summed E-state index contributed by atoms with van der Waals surface area (Å²) in [5, 5.41) is 2.80. The first-order valence-electron chi connectivity index (χ1n) is 4.37. The number of amides is 1. The van der Waals surface area contributed by atoms with Crippen LogP contribution in [0.25, 0.3) is 0 Å². The van der Waals surface area contributed by atoms with Gasteiger partial charge in [-0.3, -0.25) is 4.79 Å². The summed E-state index contributed by atoms with van der Waals surface area (Å²) < 4.78 is 10.2. The van der Waals surface area contributed by atoms with E-state index in [-0.39, 0.29) is 18.1 Å². The Morgan fingerprint density at radius 2 is 2.33 bits per heavy atom. The molecule has 4 heteroatoms. The SMILES string of the molecule is O=C(NC[C@@H]1CO1)[C@H]1CCCO1. The van der Waals surface area contributed by atoms with Crippen LogP contribution in [0.5, 0.6) is 0 Å². The molecule has 0 aromatic heterocycles. The molecule has 0 aliphatic carbocycles. The molecule has 68 valence electrons. The third-order valence-electron chi connectivity index (χ3n) is 2.13. The third-order valence-corrected chi connectivity index (χ3v) is 2.13. The lowest BCUT2D eigenvalue weighted by atomic mass is 10.2. The highest BCUT2D eigenvalue weighted by atomic mass is 16.6. The first kappa shape index (κ1) is 8.01. The van der Waals surface area contributed by atoms with Gasteiger partial charge in [0.25, 0.3) is 0 Å². The lowest BCUT2D eigenvalue weighted by Crippen LogP contribution is -2.36. The first-order valence-corrected chi connectivity index (χ1v) is 4.37. The second-order valence-corrected chi connectivity index (χ2v) is 3.20. The van der Waals surface area contributed by atoms with E-state index in [0.29, 0.717) is 6.54 Å². The molecule has 2 aliphatic heterocycles. The highest BCUT2D eigenvalue weighted by Crippen LogP contribution is 2.12. The van der Waals surface area contributed by atoms with Gasteiger partial charge in [-0.05, 0) is 12.8 Å². The second kappa shape index (κ2) is 3.41. The van der Waals surface area contributed by atoms with E-state index in [4.69, 9.17) is 9.47 Å².